The standard InChI is InChI=1S/C16H16N2O3/c1-10-7-13(9-14(11(10)2)16(20)21)18-15(19)8-12-3-5-17-6-4-12/h3-7,9H,8H2,1-2H3,(H,18,19)(H,20,21). The quantitative estimate of drug-likeness (QED) is 0.904. The first-order valence-corrected chi connectivity index (χ1v) is 6.50. The summed E-state index contributed by atoms with van der Waals surface area (Å²) in [5.74, 6) is -1.19. The third kappa shape index (κ3) is 3.66. The summed E-state index contributed by atoms with van der Waals surface area (Å²) in [6.07, 6.45) is 3.47. The van der Waals surface area contributed by atoms with E-state index in [9.17, 15) is 9.59 Å². The number of hydrogen-bond acceptors (Lipinski definition) is 3. The second-order valence-corrected chi connectivity index (χ2v) is 4.85. The van der Waals surface area contributed by atoms with Crippen LogP contribution in [0, 0.1) is 13.8 Å². The summed E-state index contributed by atoms with van der Waals surface area (Å²) in [6, 6.07) is 6.78. The van der Waals surface area contributed by atoms with Gasteiger partial charge in [-0.2, -0.15) is 0 Å². The highest BCUT2D eigenvalue weighted by molar-refractivity contribution is 5.95. The molecule has 1 aromatic heterocycles. The van der Waals surface area contributed by atoms with Crippen molar-refractivity contribution in [1.29, 1.82) is 0 Å². The average molecular weight is 284 g/mol. The number of aromatic nitrogens is 1. The molecule has 0 unspecified atom stereocenters. The molecule has 0 spiro atoms. The van der Waals surface area contributed by atoms with Crippen LogP contribution in [-0.2, 0) is 11.2 Å². The number of anilines is 1. The molecule has 5 heteroatoms. The van der Waals surface area contributed by atoms with E-state index in [2.05, 4.69) is 10.3 Å². The number of carboxylic acids is 1. The lowest BCUT2D eigenvalue weighted by Crippen LogP contribution is -2.15. The molecule has 1 aromatic carbocycles. The molecule has 2 N–H and O–H groups in total. The van der Waals surface area contributed by atoms with Gasteiger partial charge in [0.05, 0.1) is 12.0 Å². The number of aryl methyl sites for hydroxylation is 1. The van der Waals surface area contributed by atoms with Crippen LogP contribution in [0.3, 0.4) is 0 Å². The van der Waals surface area contributed by atoms with Gasteiger partial charge in [-0.1, -0.05) is 0 Å². The normalized spacial score (nSPS) is 10.2. The van der Waals surface area contributed by atoms with Gasteiger partial charge in [0.1, 0.15) is 0 Å². The first-order valence-electron chi connectivity index (χ1n) is 6.50. The minimum Gasteiger partial charge on any atom is -0.478 e. The number of nitrogens with one attached hydrogen (secondary N) is 1. The molecule has 0 saturated carbocycles. The average Bonchev–Trinajstić information content (AvgIpc) is 2.43. The number of amides is 1. The van der Waals surface area contributed by atoms with Gasteiger partial charge in [0.15, 0.2) is 0 Å². The van der Waals surface area contributed by atoms with Crippen molar-refractivity contribution in [2.75, 3.05) is 5.32 Å². The molecular weight excluding hydrogens is 268 g/mol. The van der Waals surface area contributed by atoms with E-state index in [1.807, 2.05) is 6.92 Å². The van der Waals surface area contributed by atoms with Crippen LogP contribution in [0.4, 0.5) is 5.69 Å². The summed E-state index contributed by atoms with van der Waals surface area (Å²) < 4.78 is 0. The number of rotatable bonds is 4. The first-order chi connectivity index (χ1) is 9.97. The summed E-state index contributed by atoms with van der Waals surface area (Å²) in [6.45, 7) is 3.57. The number of benzene rings is 1. The van der Waals surface area contributed by atoms with Crippen molar-refractivity contribution in [3.05, 3.63) is 58.9 Å². The summed E-state index contributed by atoms with van der Waals surface area (Å²) in [4.78, 5) is 27.1. The zero-order valence-corrected chi connectivity index (χ0v) is 11.9. The molecule has 2 rings (SSSR count). The Bertz CT molecular complexity index is 681. The van der Waals surface area contributed by atoms with Crippen LogP contribution in [0.25, 0.3) is 0 Å². The zero-order chi connectivity index (χ0) is 15.4. The maximum Gasteiger partial charge on any atom is 0.336 e. The molecule has 0 saturated heterocycles. The Kier molecular flexibility index (Phi) is 4.33. The molecule has 0 atom stereocenters. The van der Waals surface area contributed by atoms with Crippen molar-refractivity contribution in [2.24, 2.45) is 0 Å². The summed E-state index contributed by atoms with van der Waals surface area (Å²) in [5, 5.41) is 11.9. The molecule has 5 nitrogen and oxygen atoms in total. The highest BCUT2D eigenvalue weighted by Gasteiger charge is 2.12. The fraction of sp³-hybridized carbons (Fsp3) is 0.188. The zero-order valence-electron chi connectivity index (χ0n) is 11.9. The predicted molar refractivity (Wildman–Crippen MR) is 79.4 cm³/mol. The second kappa shape index (κ2) is 6.17. The minimum absolute atomic E-state index is 0.194. The summed E-state index contributed by atoms with van der Waals surface area (Å²) >= 11 is 0. The van der Waals surface area contributed by atoms with Crippen molar-refractivity contribution in [3.8, 4) is 0 Å². The van der Waals surface area contributed by atoms with Crippen LogP contribution in [-0.4, -0.2) is 22.0 Å². The van der Waals surface area contributed by atoms with Gasteiger partial charge in [-0.15, -0.1) is 0 Å². The van der Waals surface area contributed by atoms with E-state index in [4.69, 9.17) is 5.11 Å². The molecule has 21 heavy (non-hydrogen) atoms. The number of carboxylic acid groups (broad SMARTS) is 1. The van der Waals surface area contributed by atoms with Gasteiger partial charge >= 0.3 is 5.97 Å². The lowest BCUT2D eigenvalue weighted by molar-refractivity contribution is -0.115. The van der Waals surface area contributed by atoms with Crippen LogP contribution >= 0.6 is 0 Å². The monoisotopic (exact) mass is 284 g/mol. The van der Waals surface area contributed by atoms with E-state index >= 15 is 0 Å². The van der Waals surface area contributed by atoms with Gasteiger partial charge in [0, 0.05) is 18.1 Å². The second-order valence-electron chi connectivity index (χ2n) is 4.85. The highest BCUT2D eigenvalue weighted by Crippen LogP contribution is 2.20. The first kappa shape index (κ1) is 14.7. The van der Waals surface area contributed by atoms with Crippen molar-refractivity contribution in [2.45, 2.75) is 20.3 Å². The molecule has 1 amide bonds. The van der Waals surface area contributed by atoms with E-state index in [0.717, 1.165) is 11.1 Å². The maximum absolute atomic E-state index is 12.0. The largest absolute Gasteiger partial charge is 0.478 e. The SMILES string of the molecule is Cc1cc(NC(=O)Cc2ccncc2)cc(C(=O)O)c1C. The Morgan fingerprint density at radius 3 is 2.48 bits per heavy atom. The predicted octanol–water partition coefficient (Wildman–Crippen LogP) is 2.58. The number of hydrogen-bond donors (Lipinski definition) is 2. The van der Waals surface area contributed by atoms with Crippen LogP contribution in [0.2, 0.25) is 0 Å². The maximum atomic E-state index is 12.0. The molecule has 0 radical (unpaired) electrons. The Morgan fingerprint density at radius 1 is 1.19 bits per heavy atom. The van der Waals surface area contributed by atoms with E-state index < -0.39 is 5.97 Å². The molecular formula is C16H16N2O3. The molecule has 1 heterocycles. The molecule has 0 aliphatic carbocycles. The molecule has 0 aliphatic rings. The van der Waals surface area contributed by atoms with E-state index in [-0.39, 0.29) is 17.9 Å². The van der Waals surface area contributed by atoms with Crippen LogP contribution in [0.5, 0.6) is 0 Å². The number of carbonyl (C=O) groups excluding carboxylic acids is 1. The number of carbonyl (C=O) groups is 2. The molecule has 108 valence electrons. The smallest absolute Gasteiger partial charge is 0.336 e. The van der Waals surface area contributed by atoms with E-state index in [1.54, 1.807) is 37.5 Å². The van der Waals surface area contributed by atoms with E-state index in [0.29, 0.717) is 11.3 Å². The Hall–Kier alpha value is -2.69. The highest BCUT2D eigenvalue weighted by atomic mass is 16.4. The topological polar surface area (TPSA) is 79.3 Å². The van der Waals surface area contributed by atoms with Crippen LogP contribution in [0.1, 0.15) is 27.0 Å². The van der Waals surface area contributed by atoms with Gasteiger partial charge in [0.25, 0.3) is 0 Å². The van der Waals surface area contributed by atoms with Crippen molar-refractivity contribution >= 4 is 17.6 Å². The van der Waals surface area contributed by atoms with Gasteiger partial charge in [-0.05, 0) is 54.8 Å². The summed E-state index contributed by atoms with van der Waals surface area (Å²) in [5.41, 5.74) is 3.08. The number of pyridine rings is 1. The van der Waals surface area contributed by atoms with Gasteiger partial charge < -0.3 is 10.4 Å². The lowest BCUT2D eigenvalue weighted by atomic mass is 10.0. The molecule has 0 aliphatic heterocycles. The van der Waals surface area contributed by atoms with Crippen LogP contribution in [0.15, 0.2) is 36.7 Å². The van der Waals surface area contributed by atoms with E-state index in [1.165, 1.54) is 6.07 Å². The molecule has 0 fully saturated rings. The molecule has 0 bridgehead atoms. The fourth-order valence-electron chi connectivity index (χ4n) is 2.04. The van der Waals surface area contributed by atoms with Crippen molar-refractivity contribution in [3.63, 3.8) is 0 Å². The van der Waals surface area contributed by atoms with Crippen molar-refractivity contribution < 1.29 is 14.7 Å². The minimum atomic E-state index is -0.999. The van der Waals surface area contributed by atoms with Crippen molar-refractivity contribution in [1.82, 2.24) is 4.98 Å². The van der Waals surface area contributed by atoms with Gasteiger partial charge in [-0.25, -0.2) is 4.79 Å². The lowest BCUT2D eigenvalue weighted by Gasteiger charge is -2.10. The van der Waals surface area contributed by atoms with Gasteiger partial charge in [-0.3, -0.25) is 9.78 Å². The third-order valence-corrected chi connectivity index (χ3v) is 3.30. The Labute approximate surface area is 122 Å². The van der Waals surface area contributed by atoms with Crippen LogP contribution < -0.4 is 5.32 Å². The number of nitrogens with zero attached hydrogens (tertiary/aromatic N) is 1. The van der Waals surface area contributed by atoms with Gasteiger partial charge in [0.2, 0.25) is 5.91 Å². The summed E-state index contributed by atoms with van der Waals surface area (Å²) in [7, 11) is 0. The molecule has 2 aromatic rings. The third-order valence-electron chi connectivity index (χ3n) is 3.30. The fourth-order valence-corrected chi connectivity index (χ4v) is 2.04. The Morgan fingerprint density at radius 2 is 1.86 bits per heavy atom. The Balaban J connectivity index is 2.16. The number of aromatic carboxylic acids is 1.